The van der Waals surface area contributed by atoms with E-state index in [1.165, 1.54) is 4.90 Å². The Hall–Kier alpha value is -3.83. The van der Waals surface area contributed by atoms with Crippen molar-refractivity contribution in [1.82, 2.24) is 0 Å². The van der Waals surface area contributed by atoms with E-state index in [1.807, 2.05) is 55.5 Å². The summed E-state index contributed by atoms with van der Waals surface area (Å²) in [6.07, 6.45) is 0. The van der Waals surface area contributed by atoms with Crippen molar-refractivity contribution in [3.63, 3.8) is 0 Å². The second-order valence-electron chi connectivity index (χ2n) is 7.43. The summed E-state index contributed by atoms with van der Waals surface area (Å²) in [4.78, 5) is 26.5. The lowest BCUT2D eigenvalue weighted by molar-refractivity contribution is 0.102. The molecule has 5 nitrogen and oxygen atoms in total. The van der Waals surface area contributed by atoms with E-state index in [0.717, 1.165) is 11.1 Å². The van der Waals surface area contributed by atoms with Gasteiger partial charge in [0.15, 0.2) is 0 Å². The van der Waals surface area contributed by atoms with Crippen LogP contribution in [-0.2, 0) is 6.54 Å². The van der Waals surface area contributed by atoms with Crippen molar-refractivity contribution in [2.45, 2.75) is 13.5 Å². The van der Waals surface area contributed by atoms with E-state index in [9.17, 15) is 14.7 Å². The van der Waals surface area contributed by atoms with Crippen LogP contribution in [0.3, 0.4) is 0 Å². The Kier molecular flexibility index (Phi) is 6.10. The van der Waals surface area contributed by atoms with Gasteiger partial charge in [-0.05, 0) is 47.9 Å². The second-order valence-corrected chi connectivity index (χ2v) is 7.75. The number of hydrogen-bond donors (Lipinski definition) is 2. The molecular weight excluding hydrogens is 424 g/mol. The fourth-order valence-electron chi connectivity index (χ4n) is 3.65. The van der Waals surface area contributed by atoms with E-state index in [-0.39, 0.29) is 17.9 Å². The van der Waals surface area contributed by atoms with Gasteiger partial charge >= 0.3 is 5.37 Å². The number of halogens is 1. The van der Waals surface area contributed by atoms with Gasteiger partial charge in [-0.15, -0.1) is 0 Å². The summed E-state index contributed by atoms with van der Waals surface area (Å²) >= 11 is 5.92. The van der Waals surface area contributed by atoms with Crippen molar-refractivity contribution in [3.8, 4) is 5.75 Å². The van der Waals surface area contributed by atoms with Crippen LogP contribution in [0.25, 0.3) is 10.8 Å². The number of para-hydroxylation sites is 1. The number of aromatic hydroxyl groups is 1. The van der Waals surface area contributed by atoms with Crippen molar-refractivity contribution in [2.24, 2.45) is 0 Å². The Morgan fingerprint density at radius 1 is 0.875 bits per heavy atom. The number of benzene rings is 4. The third-order valence-electron chi connectivity index (χ3n) is 5.33. The predicted molar refractivity (Wildman–Crippen MR) is 129 cm³/mol. The lowest BCUT2D eigenvalue weighted by Crippen LogP contribution is -2.25. The third-order valence-corrected chi connectivity index (χ3v) is 5.54. The van der Waals surface area contributed by atoms with E-state index in [4.69, 9.17) is 11.6 Å². The Bertz CT molecular complexity index is 1310. The maximum absolute atomic E-state index is 12.8. The first-order valence-electron chi connectivity index (χ1n) is 10.1. The molecule has 4 aromatic carbocycles. The first-order valence-corrected chi connectivity index (χ1v) is 10.5. The molecule has 0 spiro atoms. The number of aryl methyl sites for hydroxylation is 1. The average molecular weight is 445 g/mol. The Labute approximate surface area is 190 Å². The van der Waals surface area contributed by atoms with E-state index < -0.39 is 11.3 Å². The summed E-state index contributed by atoms with van der Waals surface area (Å²) in [7, 11) is 0. The molecule has 160 valence electrons. The van der Waals surface area contributed by atoms with Gasteiger partial charge in [0.2, 0.25) is 0 Å². The topological polar surface area (TPSA) is 69.6 Å². The monoisotopic (exact) mass is 444 g/mol. The van der Waals surface area contributed by atoms with Crippen LogP contribution in [0.4, 0.5) is 16.2 Å². The SMILES string of the molecule is Cc1ccccc1NC(=O)c1ccc2c(N(Cc3ccccc3)C(=O)Cl)cccc2c1O. The summed E-state index contributed by atoms with van der Waals surface area (Å²) in [5, 5.41) is 14.2. The van der Waals surface area contributed by atoms with E-state index in [0.29, 0.717) is 22.1 Å². The zero-order valence-corrected chi connectivity index (χ0v) is 18.1. The van der Waals surface area contributed by atoms with Gasteiger partial charge in [-0.1, -0.05) is 66.7 Å². The minimum atomic E-state index is -0.637. The maximum Gasteiger partial charge on any atom is 0.321 e. The van der Waals surface area contributed by atoms with Crippen molar-refractivity contribution in [2.75, 3.05) is 10.2 Å². The highest BCUT2D eigenvalue weighted by Crippen LogP contribution is 2.36. The van der Waals surface area contributed by atoms with Crippen LogP contribution in [0.2, 0.25) is 0 Å². The number of phenolic OH excluding ortho intramolecular Hbond substituents is 1. The zero-order chi connectivity index (χ0) is 22.7. The molecule has 0 aromatic heterocycles. The Balaban J connectivity index is 1.72. The summed E-state index contributed by atoms with van der Waals surface area (Å²) < 4.78 is 0. The molecule has 2 N–H and O–H groups in total. The summed E-state index contributed by atoms with van der Waals surface area (Å²) in [5.41, 5.74) is 3.20. The predicted octanol–water partition coefficient (Wildman–Crippen LogP) is 6.47. The smallest absolute Gasteiger partial charge is 0.321 e. The van der Waals surface area contributed by atoms with Gasteiger partial charge in [-0.2, -0.15) is 0 Å². The molecule has 4 aromatic rings. The molecule has 0 atom stereocenters. The highest BCUT2D eigenvalue weighted by Gasteiger charge is 2.20. The van der Waals surface area contributed by atoms with Crippen LogP contribution in [0.5, 0.6) is 5.75 Å². The van der Waals surface area contributed by atoms with Gasteiger partial charge in [0.1, 0.15) is 5.75 Å². The number of carbonyl (C=O) groups excluding carboxylic acids is 2. The fraction of sp³-hybridized carbons (Fsp3) is 0.0769. The molecular formula is C26H21ClN2O3. The number of anilines is 2. The molecule has 0 aliphatic rings. The van der Waals surface area contributed by atoms with Gasteiger partial charge in [0.25, 0.3) is 5.91 Å². The van der Waals surface area contributed by atoms with Crippen molar-refractivity contribution >= 4 is 45.0 Å². The fourth-order valence-corrected chi connectivity index (χ4v) is 3.81. The average Bonchev–Trinajstić information content (AvgIpc) is 2.79. The van der Waals surface area contributed by atoms with Crippen LogP contribution >= 0.6 is 11.6 Å². The quantitative estimate of drug-likeness (QED) is 0.273. The van der Waals surface area contributed by atoms with Gasteiger partial charge in [0, 0.05) is 16.5 Å². The summed E-state index contributed by atoms with van der Waals surface area (Å²) in [6.45, 7) is 2.17. The molecule has 0 aliphatic heterocycles. The van der Waals surface area contributed by atoms with Gasteiger partial charge < -0.3 is 10.4 Å². The Morgan fingerprint density at radius 3 is 2.31 bits per heavy atom. The molecule has 0 aliphatic carbocycles. The normalized spacial score (nSPS) is 10.7. The minimum Gasteiger partial charge on any atom is -0.506 e. The minimum absolute atomic E-state index is 0.143. The summed E-state index contributed by atoms with van der Waals surface area (Å²) in [5.74, 6) is -0.573. The molecule has 32 heavy (non-hydrogen) atoms. The molecule has 0 saturated carbocycles. The molecule has 2 amide bonds. The zero-order valence-electron chi connectivity index (χ0n) is 17.4. The number of nitrogens with zero attached hydrogens (tertiary/aromatic N) is 1. The highest BCUT2D eigenvalue weighted by molar-refractivity contribution is 6.66. The standard InChI is InChI=1S/C26H21ClN2O3/c1-17-8-5-6-12-22(17)28-25(31)21-15-14-19-20(24(21)30)11-7-13-23(19)29(26(27)32)16-18-9-3-2-4-10-18/h2-15,30H,16H2,1H3,(H,28,31). The molecule has 0 saturated heterocycles. The third kappa shape index (κ3) is 4.29. The van der Waals surface area contributed by atoms with Crippen LogP contribution in [0.15, 0.2) is 84.9 Å². The Morgan fingerprint density at radius 2 is 1.59 bits per heavy atom. The molecule has 6 heteroatoms. The van der Waals surface area contributed by atoms with Gasteiger partial charge in [-0.3, -0.25) is 14.5 Å². The van der Waals surface area contributed by atoms with Crippen molar-refractivity contribution < 1.29 is 14.7 Å². The number of hydrogen-bond acceptors (Lipinski definition) is 3. The number of carbonyl (C=O) groups is 2. The van der Waals surface area contributed by atoms with Crippen LogP contribution in [-0.4, -0.2) is 16.4 Å². The van der Waals surface area contributed by atoms with Gasteiger partial charge in [-0.25, -0.2) is 0 Å². The molecule has 0 bridgehead atoms. The lowest BCUT2D eigenvalue weighted by Gasteiger charge is -2.22. The maximum atomic E-state index is 12.8. The van der Waals surface area contributed by atoms with E-state index in [2.05, 4.69) is 5.32 Å². The van der Waals surface area contributed by atoms with Gasteiger partial charge in [0.05, 0.1) is 17.8 Å². The molecule has 0 fully saturated rings. The first kappa shape index (κ1) is 21.4. The van der Waals surface area contributed by atoms with Crippen LogP contribution in [0.1, 0.15) is 21.5 Å². The van der Waals surface area contributed by atoms with E-state index >= 15 is 0 Å². The molecule has 4 rings (SSSR count). The number of amides is 2. The van der Waals surface area contributed by atoms with Crippen molar-refractivity contribution in [1.29, 1.82) is 0 Å². The van der Waals surface area contributed by atoms with Crippen LogP contribution < -0.4 is 10.2 Å². The van der Waals surface area contributed by atoms with Crippen molar-refractivity contribution in [3.05, 3.63) is 102 Å². The number of rotatable bonds is 5. The number of phenols is 1. The van der Waals surface area contributed by atoms with Crippen LogP contribution in [0, 0.1) is 6.92 Å². The molecule has 0 heterocycles. The first-order chi connectivity index (χ1) is 15.5. The van der Waals surface area contributed by atoms with E-state index in [1.54, 1.807) is 36.4 Å². The second kappa shape index (κ2) is 9.12. The highest BCUT2D eigenvalue weighted by atomic mass is 35.5. The largest absolute Gasteiger partial charge is 0.506 e. The summed E-state index contributed by atoms with van der Waals surface area (Å²) in [6, 6.07) is 25.4. The number of fused-ring (bicyclic) bond motifs is 1. The number of nitrogens with one attached hydrogen (secondary N) is 1. The lowest BCUT2D eigenvalue weighted by atomic mass is 10.0. The molecule has 0 unspecified atom stereocenters. The molecule has 0 radical (unpaired) electrons.